The first-order valence-corrected chi connectivity index (χ1v) is 4.34. The van der Waals surface area contributed by atoms with Crippen LogP contribution in [-0.2, 0) is 6.18 Å². The first kappa shape index (κ1) is 9.83. The second-order valence-corrected chi connectivity index (χ2v) is 3.28. The summed E-state index contributed by atoms with van der Waals surface area (Å²) in [5, 5.41) is 1.15. The van der Waals surface area contributed by atoms with Crippen LogP contribution in [0.1, 0.15) is 5.56 Å². The van der Waals surface area contributed by atoms with E-state index in [0.29, 0.717) is 10.8 Å². The number of anilines is 1. The quantitative estimate of drug-likeness (QED) is 0.663. The molecule has 0 amide bonds. The number of fused-ring (bicyclic) bond motifs is 1. The molecule has 78 valence electrons. The Balaban J connectivity index is 2.73. The van der Waals surface area contributed by atoms with E-state index in [2.05, 4.69) is 0 Å². The highest BCUT2D eigenvalue weighted by Crippen LogP contribution is 2.34. The molecule has 2 aromatic rings. The molecule has 2 N–H and O–H groups in total. The highest BCUT2D eigenvalue weighted by molar-refractivity contribution is 5.93. The van der Waals surface area contributed by atoms with E-state index < -0.39 is 11.7 Å². The van der Waals surface area contributed by atoms with E-state index in [1.165, 1.54) is 0 Å². The summed E-state index contributed by atoms with van der Waals surface area (Å²) in [6.45, 7) is 0. The predicted molar refractivity (Wildman–Crippen MR) is 53.4 cm³/mol. The number of nitrogen functional groups attached to an aromatic ring is 1. The number of hydrogen-bond donors (Lipinski definition) is 1. The van der Waals surface area contributed by atoms with Gasteiger partial charge in [0.15, 0.2) is 0 Å². The molecule has 0 fully saturated rings. The fourth-order valence-corrected chi connectivity index (χ4v) is 1.50. The van der Waals surface area contributed by atoms with Gasteiger partial charge in [-0.25, -0.2) is 0 Å². The Bertz CT molecular complexity index is 503. The average Bonchev–Trinajstić information content (AvgIpc) is 2.16. The van der Waals surface area contributed by atoms with E-state index in [-0.39, 0.29) is 5.69 Å². The summed E-state index contributed by atoms with van der Waals surface area (Å²) < 4.78 is 37.3. The Morgan fingerprint density at radius 1 is 1.00 bits per heavy atom. The lowest BCUT2D eigenvalue weighted by atomic mass is 10.0. The summed E-state index contributed by atoms with van der Waals surface area (Å²) >= 11 is 0. The highest BCUT2D eigenvalue weighted by Gasteiger charge is 2.30. The number of alkyl halides is 3. The van der Waals surface area contributed by atoms with E-state index in [1.54, 1.807) is 24.3 Å². The third kappa shape index (κ3) is 1.75. The molecule has 0 saturated heterocycles. The molecule has 0 spiro atoms. The van der Waals surface area contributed by atoms with Gasteiger partial charge >= 0.3 is 6.18 Å². The summed E-state index contributed by atoms with van der Waals surface area (Å²) in [6, 6.07) is 8.80. The van der Waals surface area contributed by atoms with Gasteiger partial charge < -0.3 is 5.73 Å². The molecule has 0 aliphatic heterocycles. The molecule has 1 nitrogen and oxygen atoms in total. The number of halogens is 3. The zero-order valence-corrected chi connectivity index (χ0v) is 7.68. The van der Waals surface area contributed by atoms with Gasteiger partial charge in [0.25, 0.3) is 0 Å². The Labute approximate surface area is 84.3 Å². The lowest BCUT2D eigenvalue weighted by Crippen LogP contribution is -2.05. The minimum Gasteiger partial charge on any atom is -0.398 e. The van der Waals surface area contributed by atoms with E-state index in [9.17, 15) is 13.2 Å². The topological polar surface area (TPSA) is 26.0 Å². The molecule has 0 aliphatic rings. The lowest BCUT2D eigenvalue weighted by molar-refractivity contribution is -0.137. The van der Waals surface area contributed by atoms with Crippen LogP contribution in [0.3, 0.4) is 0 Å². The molecule has 2 rings (SSSR count). The van der Waals surface area contributed by atoms with Gasteiger partial charge in [0.2, 0.25) is 0 Å². The zero-order chi connectivity index (χ0) is 11.1. The highest BCUT2D eigenvalue weighted by atomic mass is 19.4. The Morgan fingerprint density at radius 2 is 1.67 bits per heavy atom. The molecule has 0 radical (unpaired) electrons. The predicted octanol–water partition coefficient (Wildman–Crippen LogP) is 3.44. The van der Waals surface area contributed by atoms with Gasteiger partial charge in [-0.3, -0.25) is 0 Å². The molecule has 0 saturated carbocycles. The minimum absolute atomic E-state index is 0.153. The van der Waals surface area contributed by atoms with Gasteiger partial charge in [-0.05, 0) is 17.5 Å². The molecule has 0 bridgehead atoms. The third-order valence-corrected chi connectivity index (χ3v) is 2.22. The van der Waals surface area contributed by atoms with Crippen LogP contribution in [0.25, 0.3) is 10.8 Å². The largest absolute Gasteiger partial charge is 0.416 e. The van der Waals surface area contributed by atoms with E-state index in [1.807, 2.05) is 0 Å². The smallest absolute Gasteiger partial charge is 0.398 e. The van der Waals surface area contributed by atoms with Gasteiger partial charge in [-0.15, -0.1) is 0 Å². The van der Waals surface area contributed by atoms with Crippen LogP contribution >= 0.6 is 0 Å². The second-order valence-electron chi connectivity index (χ2n) is 3.28. The Kier molecular flexibility index (Phi) is 2.07. The summed E-state index contributed by atoms with van der Waals surface area (Å²) in [7, 11) is 0. The standard InChI is InChI=1S/C11H8F3N/c12-11(13,14)8-5-7-3-1-2-4-9(7)10(15)6-8/h1-6H,15H2. The maximum Gasteiger partial charge on any atom is 0.416 e. The van der Waals surface area contributed by atoms with E-state index in [0.717, 1.165) is 12.1 Å². The van der Waals surface area contributed by atoms with Crippen molar-refractivity contribution in [1.29, 1.82) is 0 Å². The first-order chi connectivity index (χ1) is 6.98. The minimum atomic E-state index is -4.35. The van der Waals surface area contributed by atoms with E-state index >= 15 is 0 Å². The van der Waals surface area contributed by atoms with Crippen molar-refractivity contribution in [2.24, 2.45) is 0 Å². The molecule has 0 aromatic heterocycles. The average molecular weight is 211 g/mol. The number of benzene rings is 2. The van der Waals surface area contributed by atoms with E-state index in [4.69, 9.17) is 5.73 Å². The second kappa shape index (κ2) is 3.15. The molecular formula is C11H8F3N. The van der Waals surface area contributed by atoms with Gasteiger partial charge in [-0.1, -0.05) is 24.3 Å². The fraction of sp³-hybridized carbons (Fsp3) is 0.0909. The zero-order valence-electron chi connectivity index (χ0n) is 7.68. The van der Waals surface area contributed by atoms with Crippen molar-refractivity contribution in [3.8, 4) is 0 Å². The summed E-state index contributed by atoms with van der Waals surface area (Å²) in [5.41, 5.74) is 5.00. The van der Waals surface area contributed by atoms with Crippen molar-refractivity contribution >= 4 is 16.5 Å². The van der Waals surface area contributed by atoms with Crippen molar-refractivity contribution in [2.75, 3.05) is 5.73 Å². The molecule has 2 aromatic carbocycles. The summed E-state index contributed by atoms with van der Waals surface area (Å²) in [4.78, 5) is 0. The summed E-state index contributed by atoms with van der Waals surface area (Å²) in [5.74, 6) is 0. The van der Waals surface area contributed by atoms with Gasteiger partial charge in [0.1, 0.15) is 0 Å². The molecule has 0 atom stereocenters. The molecule has 15 heavy (non-hydrogen) atoms. The van der Waals surface area contributed by atoms with Crippen LogP contribution in [0.15, 0.2) is 36.4 Å². The van der Waals surface area contributed by atoms with Crippen molar-refractivity contribution in [2.45, 2.75) is 6.18 Å². The van der Waals surface area contributed by atoms with Crippen molar-refractivity contribution in [3.05, 3.63) is 42.0 Å². The van der Waals surface area contributed by atoms with Gasteiger partial charge in [0, 0.05) is 11.1 Å². The van der Waals surface area contributed by atoms with Gasteiger partial charge in [0.05, 0.1) is 5.56 Å². The molecule has 0 aliphatic carbocycles. The van der Waals surface area contributed by atoms with Crippen LogP contribution in [0, 0.1) is 0 Å². The third-order valence-electron chi connectivity index (χ3n) is 2.22. The van der Waals surface area contributed by atoms with Gasteiger partial charge in [-0.2, -0.15) is 13.2 Å². The van der Waals surface area contributed by atoms with Crippen molar-refractivity contribution < 1.29 is 13.2 Å². The maximum absolute atomic E-state index is 12.4. The monoisotopic (exact) mass is 211 g/mol. The van der Waals surface area contributed by atoms with Crippen LogP contribution < -0.4 is 5.73 Å². The molecule has 0 unspecified atom stereocenters. The lowest BCUT2D eigenvalue weighted by Gasteiger charge is -2.09. The van der Waals surface area contributed by atoms with Crippen LogP contribution in [0.4, 0.5) is 18.9 Å². The maximum atomic E-state index is 12.4. The number of rotatable bonds is 0. The Morgan fingerprint density at radius 3 is 2.33 bits per heavy atom. The fourth-order valence-electron chi connectivity index (χ4n) is 1.50. The number of nitrogens with two attached hydrogens (primary N) is 1. The first-order valence-electron chi connectivity index (χ1n) is 4.34. The molecule has 0 heterocycles. The van der Waals surface area contributed by atoms with Crippen molar-refractivity contribution in [3.63, 3.8) is 0 Å². The van der Waals surface area contributed by atoms with Crippen molar-refractivity contribution in [1.82, 2.24) is 0 Å². The SMILES string of the molecule is Nc1cc(C(F)(F)F)cc2ccccc12. The molecule has 4 heteroatoms. The summed E-state index contributed by atoms with van der Waals surface area (Å²) in [6.07, 6.45) is -4.35. The van der Waals surface area contributed by atoms with Crippen LogP contribution in [0.2, 0.25) is 0 Å². The molecular weight excluding hydrogens is 203 g/mol. The van der Waals surface area contributed by atoms with Crippen LogP contribution in [-0.4, -0.2) is 0 Å². The van der Waals surface area contributed by atoms with Crippen LogP contribution in [0.5, 0.6) is 0 Å². The normalized spacial score (nSPS) is 11.9. The Hall–Kier alpha value is -1.71. The number of hydrogen-bond acceptors (Lipinski definition) is 1.